The number of rotatable bonds is 6. The third-order valence-electron chi connectivity index (χ3n) is 4.61. The molecule has 0 radical (unpaired) electrons. The Kier molecular flexibility index (Phi) is 6.82. The van der Waals surface area contributed by atoms with Crippen LogP contribution in [0.5, 0.6) is 0 Å². The number of aromatic nitrogens is 2. The molecule has 2 rings (SSSR count). The summed E-state index contributed by atoms with van der Waals surface area (Å²) in [7, 11) is 5.68. The van der Waals surface area contributed by atoms with Gasteiger partial charge in [0.25, 0.3) is 5.56 Å². The van der Waals surface area contributed by atoms with Gasteiger partial charge in [-0.2, -0.15) is 0 Å². The number of benzene rings is 1. The first-order valence-electron chi connectivity index (χ1n) is 9.74. The molecule has 7 nitrogen and oxygen atoms in total. The highest BCUT2D eigenvalue weighted by molar-refractivity contribution is 5.78. The van der Waals surface area contributed by atoms with Crippen LogP contribution in [0.3, 0.4) is 0 Å². The maximum Gasteiger partial charge on any atom is 0.318 e. The van der Waals surface area contributed by atoms with Crippen LogP contribution in [0.1, 0.15) is 46.0 Å². The van der Waals surface area contributed by atoms with Gasteiger partial charge >= 0.3 is 6.03 Å². The van der Waals surface area contributed by atoms with E-state index >= 15 is 0 Å². The number of nitrogens with zero attached hydrogens (tertiary/aromatic N) is 4. The summed E-state index contributed by atoms with van der Waals surface area (Å²) < 4.78 is 1.57. The van der Waals surface area contributed by atoms with Gasteiger partial charge in [0.15, 0.2) is 0 Å². The van der Waals surface area contributed by atoms with Crippen molar-refractivity contribution in [2.75, 3.05) is 27.2 Å². The van der Waals surface area contributed by atoms with E-state index in [-0.39, 0.29) is 23.2 Å². The van der Waals surface area contributed by atoms with Crippen LogP contribution in [0, 0.1) is 0 Å². The summed E-state index contributed by atoms with van der Waals surface area (Å²) in [5, 5.41) is 3.64. The molecule has 0 aliphatic carbocycles. The lowest BCUT2D eigenvalue weighted by molar-refractivity contribution is 0.152. The van der Waals surface area contributed by atoms with Crippen molar-refractivity contribution in [1.82, 2.24) is 24.7 Å². The number of para-hydroxylation sites is 1. The molecule has 1 N–H and O–H groups in total. The molecule has 2 aromatic rings. The van der Waals surface area contributed by atoms with Crippen LogP contribution in [-0.2, 0) is 7.05 Å². The molecule has 28 heavy (non-hydrogen) atoms. The molecule has 1 atom stereocenters. The number of nitrogens with one attached hydrogen (secondary N) is 1. The van der Waals surface area contributed by atoms with Crippen molar-refractivity contribution in [2.45, 2.75) is 45.7 Å². The highest BCUT2D eigenvalue weighted by atomic mass is 16.2. The highest BCUT2D eigenvalue weighted by Gasteiger charge is 2.29. The zero-order chi connectivity index (χ0) is 21.1. The molecule has 1 unspecified atom stereocenters. The van der Waals surface area contributed by atoms with Crippen LogP contribution in [0.4, 0.5) is 4.79 Å². The smallest absolute Gasteiger partial charge is 0.318 e. The Morgan fingerprint density at radius 3 is 2.43 bits per heavy atom. The van der Waals surface area contributed by atoms with E-state index in [2.05, 4.69) is 5.32 Å². The summed E-state index contributed by atoms with van der Waals surface area (Å²) in [6.07, 6.45) is 0.656. The summed E-state index contributed by atoms with van der Waals surface area (Å²) in [4.78, 5) is 34.5. The number of fused-ring (bicyclic) bond motifs is 1. The molecule has 0 aliphatic rings. The van der Waals surface area contributed by atoms with Crippen LogP contribution in [0.15, 0.2) is 29.1 Å². The minimum atomic E-state index is -0.353. The Bertz CT molecular complexity index is 882. The van der Waals surface area contributed by atoms with E-state index in [1.165, 1.54) is 0 Å². The summed E-state index contributed by atoms with van der Waals surface area (Å²) in [5.41, 5.74) is 0.208. The van der Waals surface area contributed by atoms with Gasteiger partial charge in [-0.1, -0.05) is 19.1 Å². The molecule has 0 bridgehead atoms. The van der Waals surface area contributed by atoms with Crippen LogP contribution in [-0.4, -0.2) is 58.1 Å². The lowest BCUT2D eigenvalue weighted by Gasteiger charge is -2.35. The van der Waals surface area contributed by atoms with Crippen molar-refractivity contribution < 1.29 is 4.79 Å². The second-order valence-corrected chi connectivity index (χ2v) is 8.45. The number of carbonyl (C=O) groups is 1. The van der Waals surface area contributed by atoms with Crippen molar-refractivity contribution >= 4 is 16.9 Å². The normalized spacial score (nSPS) is 13.0. The second-order valence-electron chi connectivity index (χ2n) is 8.45. The van der Waals surface area contributed by atoms with E-state index in [0.717, 1.165) is 6.54 Å². The fourth-order valence-electron chi connectivity index (χ4n) is 3.17. The Morgan fingerprint density at radius 1 is 1.21 bits per heavy atom. The van der Waals surface area contributed by atoms with Crippen molar-refractivity contribution in [2.24, 2.45) is 7.05 Å². The quantitative estimate of drug-likeness (QED) is 0.827. The Labute approximate surface area is 167 Å². The molecule has 1 aromatic heterocycles. The van der Waals surface area contributed by atoms with Gasteiger partial charge in [0.05, 0.1) is 16.9 Å². The minimum Gasteiger partial charge on any atom is -0.333 e. The molecule has 154 valence electrons. The lowest BCUT2D eigenvalue weighted by Crippen LogP contribution is -2.51. The number of amides is 2. The summed E-state index contributed by atoms with van der Waals surface area (Å²) in [6.45, 7) is 9.14. The summed E-state index contributed by atoms with van der Waals surface area (Å²) >= 11 is 0. The van der Waals surface area contributed by atoms with Gasteiger partial charge in [0.2, 0.25) is 0 Å². The van der Waals surface area contributed by atoms with Gasteiger partial charge in [0, 0.05) is 25.7 Å². The Morgan fingerprint density at radius 2 is 1.86 bits per heavy atom. The first-order valence-corrected chi connectivity index (χ1v) is 9.74. The number of hydrogen-bond acceptors (Lipinski definition) is 4. The Hall–Kier alpha value is -2.41. The molecule has 0 aliphatic heterocycles. The largest absolute Gasteiger partial charge is 0.333 e. The van der Waals surface area contributed by atoms with Crippen molar-refractivity contribution in [3.63, 3.8) is 0 Å². The van der Waals surface area contributed by atoms with Gasteiger partial charge < -0.3 is 15.1 Å². The van der Waals surface area contributed by atoms with Gasteiger partial charge in [-0.15, -0.1) is 0 Å². The number of carbonyl (C=O) groups excluding carboxylic acids is 1. The third-order valence-corrected chi connectivity index (χ3v) is 4.61. The van der Waals surface area contributed by atoms with Gasteiger partial charge in [-0.05, 0) is 53.4 Å². The third kappa shape index (κ3) is 5.10. The van der Waals surface area contributed by atoms with E-state index in [4.69, 9.17) is 4.98 Å². The lowest BCUT2D eigenvalue weighted by atomic mass is 10.1. The summed E-state index contributed by atoms with van der Waals surface area (Å²) in [5.74, 6) is 0.606. The first-order chi connectivity index (χ1) is 13.0. The number of urea groups is 1. The van der Waals surface area contributed by atoms with Gasteiger partial charge in [0.1, 0.15) is 5.82 Å². The van der Waals surface area contributed by atoms with Crippen molar-refractivity contribution in [3.8, 4) is 0 Å². The standard InChI is InChI=1S/C21H33N5O2/c1-8-17(26(14-13-24(5)6)20(28)23-21(2,3)4)18-22-16-12-10-9-11-15(16)19(27)25(18)7/h9-12,17H,8,13-14H2,1-7H3,(H,23,28). The molecule has 1 aromatic carbocycles. The molecule has 2 amide bonds. The zero-order valence-corrected chi connectivity index (χ0v) is 18.1. The minimum absolute atomic E-state index is 0.0946. The first kappa shape index (κ1) is 21.9. The van der Waals surface area contributed by atoms with E-state index < -0.39 is 0 Å². The molecule has 0 spiro atoms. The maximum atomic E-state index is 13.1. The van der Waals surface area contributed by atoms with Gasteiger partial charge in [-0.25, -0.2) is 9.78 Å². The fourth-order valence-corrected chi connectivity index (χ4v) is 3.17. The van der Waals surface area contributed by atoms with Crippen molar-refractivity contribution in [1.29, 1.82) is 0 Å². The molecule has 0 saturated heterocycles. The topological polar surface area (TPSA) is 70.5 Å². The van der Waals surface area contributed by atoms with E-state index in [1.54, 1.807) is 22.6 Å². The van der Waals surface area contributed by atoms with Crippen LogP contribution in [0.25, 0.3) is 10.9 Å². The van der Waals surface area contributed by atoms with Crippen LogP contribution >= 0.6 is 0 Å². The Balaban J connectivity index is 2.53. The number of hydrogen-bond donors (Lipinski definition) is 1. The van der Waals surface area contributed by atoms with E-state index in [9.17, 15) is 9.59 Å². The van der Waals surface area contributed by atoms with E-state index in [1.807, 2.05) is 64.9 Å². The SMILES string of the molecule is CCC(c1nc2ccccc2c(=O)n1C)N(CCN(C)C)C(=O)NC(C)(C)C. The molecule has 0 fully saturated rings. The molecule has 0 saturated carbocycles. The molecular weight excluding hydrogens is 354 g/mol. The average molecular weight is 388 g/mol. The average Bonchev–Trinajstić information content (AvgIpc) is 2.60. The van der Waals surface area contributed by atoms with Crippen LogP contribution in [0.2, 0.25) is 0 Å². The van der Waals surface area contributed by atoms with Gasteiger partial charge in [-0.3, -0.25) is 9.36 Å². The van der Waals surface area contributed by atoms with Crippen LogP contribution < -0.4 is 10.9 Å². The second kappa shape index (κ2) is 8.73. The molecular formula is C21H33N5O2. The monoisotopic (exact) mass is 387 g/mol. The fraction of sp³-hybridized carbons (Fsp3) is 0.571. The maximum absolute atomic E-state index is 13.1. The summed E-state index contributed by atoms with van der Waals surface area (Å²) in [6, 6.07) is 6.88. The predicted molar refractivity (Wildman–Crippen MR) is 114 cm³/mol. The predicted octanol–water partition coefficient (Wildman–Crippen LogP) is 2.76. The highest BCUT2D eigenvalue weighted by Crippen LogP contribution is 2.24. The molecule has 7 heteroatoms. The van der Waals surface area contributed by atoms with E-state index in [0.29, 0.717) is 29.7 Å². The number of likely N-dealkylation sites (N-methyl/N-ethyl adjacent to an activating group) is 1. The van der Waals surface area contributed by atoms with Crippen molar-refractivity contribution in [3.05, 3.63) is 40.4 Å². The molecule has 1 heterocycles. The zero-order valence-electron chi connectivity index (χ0n) is 18.1.